The van der Waals surface area contributed by atoms with Gasteiger partial charge in [-0.2, -0.15) is 0 Å². The fourth-order valence-corrected chi connectivity index (χ4v) is 9.06. The van der Waals surface area contributed by atoms with Gasteiger partial charge in [-0.25, -0.2) is 0 Å². The Labute approximate surface area is 131 Å². The molecule has 0 unspecified atom stereocenters. The van der Waals surface area contributed by atoms with Gasteiger partial charge in [-0.05, 0) is 6.92 Å². The zero-order valence-electron chi connectivity index (χ0n) is 13.9. The SMILES string of the molecule is C/C(=C\[Si](C)(C)c1ccccc1)[Si](C)(C)c1ccccc1. The van der Waals surface area contributed by atoms with Crippen LogP contribution in [0.15, 0.2) is 71.6 Å². The van der Waals surface area contributed by atoms with Gasteiger partial charge in [0.15, 0.2) is 0 Å². The van der Waals surface area contributed by atoms with Crippen LogP contribution < -0.4 is 10.4 Å². The van der Waals surface area contributed by atoms with Gasteiger partial charge in [-0.15, -0.1) is 0 Å². The Morgan fingerprint density at radius 1 is 0.714 bits per heavy atom. The molecule has 2 heteroatoms. The number of hydrogen-bond donors (Lipinski definition) is 0. The van der Waals surface area contributed by atoms with E-state index in [9.17, 15) is 0 Å². The number of rotatable bonds is 4. The Hall–Kier alpha value is -1.39. The van der Waals surface area contributed by atoms with Crippen molar-refractivity contribution in [3.05, 3.63) is 71.6 Å². The van der Waals surface area contributed by atoms with Crippen molar-refractivity contribution < 1.29 is 0 Å². The molecule has 0 saturated heterocycles. The standard InChI is InChI=1S/C19H26Si2/c1-17(21(4,5)19-14-10-7-11-15-19)16-20(2,3)18-12-8-6-9-13-18/h6-16H,1-5H3/b17-16+. The minimum absolute atomic E-state index is 1.51. The first-order chi connectivity index (χ1) is 9.84. The first-order valence-corrected chi connectivity index (χ1v) is 13.7. The summed E-state index contributed by atoms with van der Waals surface area (Å²) in [5, 5.41) is 4.65. The Bertz CT molecular complexity index is 611. The first-order valence-electron chi connectivity index (χ1n) is 7.65. The zero-order valence-corrected chi connectivity index (χ0v) is 15.9. The van der Waals surface area contributed by atoms with E-state index in [1.807, 2.05) is 0 Å². The molecule has 0 aliphatic carbocycles. The third kappa shape index (κ3) is 3.63. The second-order valence-electron chi connectivity index (χ2n) is 6.91. The van der Waals surface area contributed by atoms with Crippen LogP contribution in [0.2, 0.25) is 26.2 Å². The summed E-state index contributed by atoms with van der Waals surface area (Å²) in [4.78, 5) is 0. The Morgan fingerprint density at radius 3 is 1.62 bits per heavy atom. The maximum absolute atomic E-state index is 2.61. The maximum atomic E-state index is 2.61. The Morgan fingerprint density at radius 2 is 1.14 bits per heavy atom. The fraction of sp³-hybridized carbons (Fsp3) is 0.263. The van der Waals surface area contributed by atoms with Crippen LogP contribution in [0.4, 0.5) is 0 Å². The van der Waals surface area contributed by atoms with Gasteiger partial charge in [-0.1, -0.05) is 108 Å². The summed E-state index contributed by atoms with van der Waals surface area (Å²) in [6.45, 7) is 12.2. The smallest absolute Gasteiger partial charge is 0.0948 e. The van der Waals surface area contributed by atoms with E-state index in [-0.39, 0.29) is 0 Å². The highest BCUT2D eigenvalue weighted by Gasteiger charge is 2.29. The van der Waals surface area contributed by atoms with Crippen molar-refractivity contribution in [3.8, 4) is 0 Å². The van der Waals surface area contributed by atoms with E-state index >= 15 is 0 Å². The molecule has 0 atom stereocenters. The van der Waals surface area contributed by atoms with Crippen LogP contribution in [0.3, 0.4) is 0 Å². The molecule has 0 aliphatic heterocycles. The molecule has 0 amide bonds. The lowest BCUT2D eigenvalue weighted by Crippen LogP contribution is -2.46. The van der Waals surface area contributed by atoms with Crippen molar-refractivity contribution in [1.82, 2.24) is 0 Å². The Kier molecular flexibility index (Phi) is 4.69. The van der Waals surface area contributed by atoms with Crippen molar-refractivity contribution >= 4 is 26.5 Å². The minimum atomic E-state index is -1.53. The van der Waals surface area contributed by atoms with Gasteiger partial charge in [0, 0.05) is 0 Å². The number of hydrogen-bond acceptors (Lipinski definition) is 0. The van der Waals surface area contributed by atoms with E-state index < -0.39 is 16.1 Å². The molecule has 0 bridgehead atoms. The van der Waals surface area contributed by atoms with Gasteiger partial charge in [0.05, 0.1) is 0 Å². The van der Waals surface area contributed by atoms with Crippen molar-refractivity contribution in [2.45, 2.75) is 33.1 Å². The third-order valence-electron chi connectivity index (χ3n) is 4.58. The highest BCUT2D eigenvalue weighted by molar-refractivity contribution is 6.99. The normalized spacial score (nSPS) is 13.3. The first kappa shape index (κ1) is 16.0. The molecule has 0 fully saturated rings. The monoisotopic (exact) mass is 310 g/mol. The quantitative estimate of drug-likeness (QED) is 0.741. The topological polar surface area (TPSA) is 0 Å². The van der Waals surface area contributed by atoms with E-state index in [4.69, 9.17) is 0 Å². The number of allylic oxidation sites excluding steroid dienone is 1. The summed E-state index contributed by atoms with van der Waals surface area (Å²) in [7, 11) is -3.04. The zero-order chi connectivity index (χ0) is 15.5. The van der Waals surface area contributed by atoms with E-state index in [0.29, 0.717) is 0 Å². The second-order valence-corrected chi connectivity index (χ2v) is 15.8. The molecular weight excluding hydrogens is 284 g/mol. The highest BCUT2D eigenvalue weighted by Crippen LogP contribution is 2.18. The molecule has 0 heterocycles. The van der Waals surface area contributed by atoms with Gasteiger partial charge >= 0.3 is 0 Å². The molecule has 0 nitrogen and oxygen atoms in total. The summed E-state index contributed by atoms with van der Waals surface area (Å²) < 4.78 is 0. The van der Waals surface area contributed by atoms with Crippen molar-refractivity contribution in [1.29, 1.82) is 0 Å². The van der Waals surface area contributed by atoms with Gasteiger partial charge < -0.3 is 0 Å². The average molecular weight is 311 g/mol. The second kappa shape index (κ2) is 6.16. The molecule has 2 aromatic carbocycles. The predicted molar refractivity (Wildman–Crippen MR) is 101 cm³/mol. The predicted octanol–water partition coefficient (Wildman–Crippen LogP) is 4.24. The molecule has 0 saturated carbocycles. The van der Waals surface area contributed by atoms with Crippen molar-refractivity contribution in [3.63, 3.8) is 0 Å². The van der Waals surface area contributed by atoms with Crippen LogP contribution in [0.1, 0.15) is 6.92 Å². The van der Waals surface area contributed by atoms with Crippen molar-refractivity contribution in [2.75, 3.05) is 0 Å². The van der Waals surface area contributed by atoms with E-state index in [1.54, 1.807) is 5.20 Å². The van der Waals surface area contributed by atoms with Crippen LogP contribution in [0.25, 0.3) is 0 Å². The summed E-state index contributed by atoms with van der Waals surface area (Å²) in [5.74, 6) is 0. The molecule has 21 heavy (non-hydrogen) atoms. The average Bonchev–Trinajstić information content (AvgIpc) is 2.48. The van der Waals surface area contributed by atoms with Crippen LogP contribution >= 0.6 is 0 Å². The minimum Gasteiger partial charge on any atom is -0.0948 e. The van der Waals surface area contributed by atoms with Gasteiger partial charge in [-0.3, -0.25) is 0 Å². The lowest BCUT2D eigenvalue weighted by atomic mass is 10.4. The molecule has 0 radical (unpaired) electrons. The summed E-state index contributed by atoms with van der Waals surface area (Å²) in [5.41, 5.74) is 2.61. The summed E-state index contributed by atoms with van der Waals surface area (Å²) in [6.07, 6.45) is 0. The fourth-order valence-electron chi connectivity index (χ4n) is 2.76. The van der Waals surface area contributed by atoms with Crippen LogP contribution in [0.5, 0.6) is 0 Å². The number of benzene rings is 2. The van der Waals surface area contributed by atoms with E-state index in [0.717, 1.165) is 0 Å². The highest BCUT2D eigenvalue weighted by atomic mass is 28.3. The third-order valence-corrected chi connectivity index (χ3v) is 11.7. The molecule has 2 aromatic rings. The lowest BCUT2D eigenvalue weighted by Gasteiger charge is -2.28. The van der Waals surface area contributed by atoms with Gasteiger partial charge in [0.2, 0.25) is 0 Å². The van der Waals surface area contributed by atoms with E-state index in [1.165, 1.54) is 10.4 Å². The molecule has 0 aromatic heterocycles. The summed E-state index contributed by atoms with van der Waals surface area (Å²) >= 11 is 0. The lowest BCUT2D eigenvalue weighted by molar-refractivity contribution is 1.54. The van der Waals surface area contributed by atoms with Gasteiger partial charge in [0.1, 0.15) is 16.1 Å². The Balaban J connectivity index is 2.36. The molecule has 0 spiro atoms. The van der Waals surface area contributed by atoms with Crippen LogP contribution in [-0.2, 0) is 0 Å². The molecule has 2 rings (SSSR count). The van der Waals surface area contributed by atoms with E-state index in [2.05, 4.69) is 99.5 Å². The van der Waals surface area contributed by atoms with Crippen molar-refractivity contribution in [2.24, 2.45) is 0 Å². The molecule has 0 aliphatic rings. The van der Waals surface area contributed by atoms with Crippen LogP contribution in [0, 0.1) is 0 Å². The van der Waals surface area contributed by atoms with Crippen LogP contribution in [-0.4, -0.2) is 16.1 Å². The maximum Gasteiger partial charge on any atom is 0.106 e. The van der Waals surface area contributed by atoms with Gasteiger partial charge in [0.25, 0.3) is 0 Å². The summed E-state index contributed by atoms with van der Waals surface area (Å²) in [6, 6.07) is 22.0. The molecule has 110 valence electrons. The molecular formula is C19H26Si2. The largest absolute Gasteiger partial charge is 0.106 e. The molecule has 0 N–H and O–H groups in total.